The Bertz CT molecular complexity index is 1290. The minimum absolute atomic E-state index is 0. The predicted molar refractivity (Wildman–Crippen MR) is 180 cm³/mol. The van der Waals surface area contributed by atoms with Gasteiger partial charge in [0.25, 0.3) is 0 Å². The van der Waals surface area contributed by atoms with E-state index in [9.17, 15) is 0 Å². The van der Waals surface area contributed by atoms with Crippen LogP contribution in [0.5, 0.6) is 5.75 Å². The molecular weight excluding hydrogens is 665 g/mol. The van der Waals surface area contributed by atoms with Gasteiger partial charge in [0.1, 0.15) is 5.75 Å². The van der Waals surface area contributed by atoms with Gasteiger partial charge < -0.3 is 14.5 Å². The number of hydrogen-bond acceptors (Lipinski definition) is 3. The molecule has 1 aliphatic carbocycles. The van der Waals surface area contributed by atoms with Gasteiger partial charge in [0, 0.05) is 11.1 Å². The number of allylic oxidation sites excluding steroid dienone is 4. The van der Waals surface area contributed by atoms with E-state index < -0.39 is 0 Å². The Kier molecular flexibility index (Phi) is 14.7. The van der Waals surface area contributed by atoms with Gasteiger partial charge in [-0.2, -0.15) is 42.7 Å². The Labute approximate surface area is 287 Å². The van der Waals surface area contributed by atoms with Crippen LogP contribution in [0.2, 0.25) is 0 Å². The summed E-state index contributed by atoms with van der Waals surface area (Å²) in [4.78, 5) is 4.12. The summed E-state index contributed by atoms with van der Waals surface area (Å²) in [5, 5.41) is 0. The predicted octanol–water partition coefficient (Wildman–Crippen LogP) is 9.14. The van der Waals surface area contributed by atoms with Crippen molar-refractivity contribution in [1.29, 1.82) is 0 Å². The van der Waals surface area contributed by atoms with Crippen LogP contribution in [0.4, 0.5) is 11.4 Å². The zero-order valence-corrected chi connectivity index (χ0v) is 29.6. The second-order valence-electron chi connectivity index (χ2n) is 12.5. The minimum atomic E-state index is -0.0686. The summed E-state index contributed by atoms with van der Waals surface area (Å²) in [6, 6.07) is 20.7. The van der Waals surface area contributed by atoms with Gasteiger partial charge in [0.15, 0.2) is 0 Å². The molecule has 3 aromatic rings. The maximum absolute atomic E-state index is 5.84. The van der Waals surface area contributed by atoms with Crippen molar-refractivity contribution in [2.45, 2.75) is 58.8 Å². The molecule has 0 radical (unpaired) electrons. The first-order valence-electron chi connectivity index (χ1n) is 14.2. The molecule has 0 atom stereocenters. The van der Waals surface area contributed by atoms with Crippen molar-refractivity contribution < 1.29 is 42.5 Å². The van der Waals surface area contributed by atoms with Gasteiger partial charge in [0.05, 0.1) is 7.11 Å². The third-order valence-corrected chi connectivity index (χ3v) is 7.32. The zero-order chi connectivity index (χ0) is 31.0. The SMILES string of the molecule is COc1c(C(C)(C)C)cc(C)cc1C(C)(C)C1=[C-]C=CC1.[CH2-]c1ccccc1N(C)C.[CH2-]c1ccccc1N(C)C.[Ho+3]. The summed E-state index contributed by atoms with van der Waals surface area (Å²) in [6.45, 7) is 21.2. The second kappa shape index (κ2) is 16.4. The number of para-hydroxylation sites is 2. The maximum atomic E-state index is 5.84. The molecule has 0 unspecified atom stereocenters. The normalized spacial score (nSPS) is 12.1. The van der Waals surface area contributed by atoms with Gasteiger partial charge >= 0.3 is 37.7 Å². The molecule has 0 heterocycles. The fourth-order valence-corrected chi connectivity index (χ4v) is 4.90. The first-order valence-corrected chi connectivity index (χ1v) is 14.2. The third kappa shape index (κ3) is 10.1. The Hall–Kier alpha value is -2.46. The van der Waals surface area contributed by atoms with Crippen molar-refractivity contribution in [2.24, 2.45) is 0 Å². The number of nitrogens with zero attached hydrogens (tertiary/aromatic N) is 2. The van der Waals surface area contributed by atoms with Crippen LogP contribution in [-0.2, 0) is 10.8 Å². The number of benzene rings is 3. The number of ether oxygens (including phenoxy) is 1. The van der Waals surface area contributed by atoms with Crippen LogP contribution in [-0.4, -0.2) is 35.3 Å². The van der Waals surface area contributed by atoms with Gasteiger partial charge in [-0.15, -0.1) is 12.1 Å². The van der Waals surface area contributed by atoms with Crippen LogP contribution in [0, 0.1) is 64.6 Å². The second-order valence-corrected chi connectivity index (χ2v) is 12.5. The number of methoxy groups -OCH3 is 1. The topological polar surface area (TPSA) is 15.7 Å². The van der Waals surface area contributed by atoms with Crippen molar-refractivity contribution in [3.8, 4) is 5.75 Å². The van der Waals surface area contributed by atoms with Crippen molar-refractivity contribution in [1.82, 2.24) is 0 Å². The summed E-state index contributed by atoms with van der Waals surface area (Å²) >= 11 is 0. The maximum Gasteiger partial charge on any atom is 3.00 e. The Morgan fingerprint density at radius 1 is 0.762 bits per heavy atom. The first kappa shape index (κ1) is 37.6. The molecule has 230 valence electrons. The van der Waals surface area contributed by atoms with Crippen LogP contribution in [0.15, 0.2) is 78.4 Å². The molecule has 0 spiro atoms. The molecule has 0 aromatic heterocycles. The van der Waals surface area contributed by atoms with E-state index in [4.69, 9.17) is 4.74 Å². The Balaban J connectivity index is 0.000000351. The van der Waals surface area contributed by atoms with E-state index in [0.29, 0.717) is 0 Å². The summed E-state index contributed by atoms with van der Waals surface area (Å²) < 4.78 is 5.84. The molecule has 42 heavy (non-hydrogen) atoms. The monoisotopic (exact) mass is 716 g/mol. The smallest absolute Gasteiger partial charge is 0.496 e. The molecule has 0 saturated heterocycles. The minimum Gasteiger partial charge on any atom is -0.496 e. The summed E-state index contributed by atoms with van der Waals surface area (Å²) in [7, 11) is 9.85. The Morgan fingerprint density at radius 2 is 1.21 bits per heavy atom. The van der Waals surface area contributed by atoms with Crippen LogP contribution >= 0.6 is 0 Å². The quantitative estimate of drug-likeness (QED) is 0.194. The third-order valence-electron chi connectivity index (χ3n) is 7.32. The molecule has 0 saturated carbocycles. The first-order chi connectivity index (χ1) is 19.1. The molecule has 4 rings (SSSR count). The van der Waals surface area contributed by atoms with Gasteiger partial charge in [-0.3, -0.25) is 6.08 Å². The van der Waals surface area contributed by atoms with Crippen LogP contribution in [0.3, 0.4) is 0 Å². The van der Waals surface area contributed by atoms with Crippen molar-refractivity contribution in [3.63, 3.8) is 0 Å². The summed E-state index contributed by atoms with van der Waals surface area (Å²) in [6.07, 6.45) is 8.59. The molecule has 0 bridgehead atoms. The van der Waals surface area contributed by atoms with Crippen LogP contribution < -0.4 is 14.5 Å². The van der Waals surface area contributed by atoms with Gasteiger partial charge in [0.2, 0.25) is 0 Å². The van der Waals surface area contributed by atoms with Crippen LogP contribution in [0.1, 0.15) is 68.9 Å². The van der Waals surface area contributed by atoms with Gasteiger partial charge in [-0.05, 0) is 45.9 Å². The molecule has 1 aliphatic rings. The molecular formula is C38H51HoN2O. The number of aryl methyl sites for hydroxylation is 1. The van der Waals surface area contributed by atoms with Crippen molar-refractivity contribution in [3.05, 3.63) is 126 Å². The van der Waals surface area contributed by atoms with E-state index in [0.717, 1.165) is 23.3 Å². The number of rotatable bonds is 5. The molecule has 0 N–H and O–H groups in total. The van der Waals surface area contributed by atoms with Gasteiger partial charge in [-0.25, -0.2) is 12.2 Å². The summed E-state index contributed by atoms with van der Waals surface area (Å²) in [5.41, 5.74) is 9.67. The molecule has 0 aliphatic heterocycles. The fourth-order valence-electron chi connectivity index (χ4n) is 4.90. The molecule has 0 fully saturated rings. The van der Waals surface area contributed by atoms with E-state index in [2.05, 4.69) is 102 Å². The van der Waals surface area contributed by atoms with E-state index in [1.807, 2.05) is 70.7 Å². The number of hydrogen-bond donors (Lipinski definition) is 0. The van der Waals surface area contributed by atoms with E-state index in [-0.39, 0.29) is 48.6 Å². The molecule has 3 nitrogen and oxygen atoms in total. The average molecular weight is 717 g/mol. The van der Waals surface area contributed by atoms with E-state index >= 15 is 0 Å². The van der Waals surface area contributed by atoms with E-state index in [1.165, 1.54) is 33.6 Å². The van der Waals surface area contributed by atoms with Gasteiger partial charge in [-0.1, -0.05) is 94.4 Å². The van der Waals surface area contributed by atoms with Crippen molar-refractivity contribution >= 4 is 11.4 Å². The van der Waals surface area contributed by atoms with Crippen LogP contribution in [0.25, 0.3) is 0 Å². The molecule has 3 aromatic carbocycles. The number of anilines is 2. The van der Waals surface area contributed by atoms with Crippen molar-refractivity contribution in [2.75, 3.05) is 45.1 Å². The summed E-state index contributed by atoms with van der Waals surface area (Å²) in [5.74, 6) is 1.03. The Morgan fingerprint density at radius 3 is 1.55 bits per heavy atom. The zero-order valence-electron chi connectivity index (χ0n) is 27.7. The molecule has 0 amide bonds. The molecule has 4 heteroatoms. The largest absolute Gasteiger partial charge is 3.00 e. The average Bonchev–Trinajstić information content (AvgIpc) is 3.45. The van der Waals surface area contributed by atoms with E-state index in [1.54, 1.807) is 7.11 Å². The fraction of sp³-hybridized carbons (Fsp3) is 0.368. The standard InChI is InChI=1S/C20H27O.2C9H12N.Ho/c1-14-12-16(19(2,3)4)18(21-7)17(13-14)20(5,6)15-10-8-9-11-15;2*1-8-6-4-5-7-9(8)10(2)3;/h8-9,12-13H,10H2,1-7H3;2*4-7H,1H2,2-3H3;/q3*-1;+3.